The Morgan fingerprint density at radius 3 is 2.81 bits per heavy atom. The predicted octanol–water partition coefficient (Wildman–Crippen LogP) is 3.73. The molecule has 0 aliphatic carbocycles. The molecule has 1 aliphatic heterocycles. The van der Waals surface area contributed by atoms with E-state index in [9.17, 15) is 9.59 Å². The van der Waals surface area contributed by atoms with Gasteiger partial charge in [-0.05, 0) is 51.8 Å². The van der Waals surface area contributed by atoms with Crippen LogP contribution in [0.4, 0.5) is 10.6 Å². The number of carbonyl (C=O) groups excluding carboxylic acids is 2. The second-order valence-corrected chi connectivity index (χ2v) is 7.65. The van der Waals surface area contributed by atoms with E-state index in [0.29, 0.717) is 36.1 Å². The summed E-state index contributed by atoms with van der Waals surface area (Å²) in [5.41, 5.74) is 0.181. The summed E-state index contributed by atoms with van der Waals surface area (Å²) in [4.78, 5) is 29.5. The summed E-state index contributed by atoms with van der Waals surface area (Å²) in [7, 11) is 0. The first-order valence-corrected chi connectivity index (χ1v) is 9.30. The van der Waals surface area contributed by atoms with E-state index in [1.54, 1.807) is 30.2 Å². The molecule has 0 aromatic carbocycles. The summed E-state index contributed by atoms with van der Waals surface area (Å²) in [6, 6.07) is 1.76. The van der Waals surface area contributed by atoms with Crippen molar-refractivity contribution < 1.29 is 19.1 Å². The minimum Gasteiger partial charge on any atom is -0.463 e. The number of nitrogens with zero attached hydrogens (tertiary/aromatic N) is 2. The summed E-state index contributed by atoms with van der Waals surface area (Å²) < 4.78 is 10.2. The molecule has 2 rings (SSSR count). The molecule has 7 nitrogen and oxygen atoms in total. The number of nitrogens with one attached hydrogen (secondary N) is 1. The SMILES string of the molecule is CCOC(=O)C=Cc1cnc(N[C@@H]2CCN(C(=O)OC(C)(C)C)C2)c(Cl)c1. The summed E-state index contributed by atoms with van der Waals surface area (Å²) >= 11 is 6.29. The molecule has 1 aromatic heterocycles. The number of pyridine rings is 1. The van der Waals surface area contributed by atoms with Crippen molar-refractivity contribution in [2.45, 2.75) is 45.8 Å². The lowest BCUT2D eigenvalue weighted by atomic mass is 10.2. The Kier molecular flexibility index (Phi) is 7.07. The molecule has 1 amide bonds. The Hall–Kier alpha value is -2.28. The molecule has 1 saturated heterocycles. The number of esters is 1. The van der Waals surface area contributed by atoms with Gasteiger partial charge in [-0.3, -0.25) is 0 Å². The first-order valence-electron chi connectivity index (χ1n) is 8.93. The van der Waals surface area contributed by atoms with Gasteiger partial charge in [0.2, 0.25) is 0 Å². The highest BCUT2D eigenvalue weighted by molar-refractivity contribution is 6.33. The van der Waals surface area contributed by atoms with E-state index in [0.717, 1.165) is 6.42 Å². The van der Waals surface area contributed by atoms with Crippen molar-refractivity contribution >= 4 is 35.6 Å². The highest BCUT2D eigenvalue weighted by Crippen LogP contribution is 2.24. The fourth-order valence-electron chi connectivity index (χ4n) is 2.57. The zero-order chi connectivity index (χ0) is 20.0. The smallest absolute Gasteiger partial charge is 0.410 e. The highest BCUT2D eigenvalue weighted by Gasteiger charge is 2.30. The van der Waals surface area contributed by atoms with Crippen LogP contribution < -0.4 is 5.32 Å². The summed E-state index contributed by atoms with van der Waals surface area (Å²) in [5, 5.41) is 3.70. The zero-order valence-corrected chi connectivity index (χ0v) is 16.9. The van der Waals surface area contributed by atoms with E-state index < -0.39 is 11.6 Å². The van der Waals surface area contributed by atoms with Crippen LogP contribution in [0.3, 0.4) is 0 Å². The molecular weight excluding hydrogens is 370 g/mol. The molecule has 2 heterocycles. The standard InChI is InChI=1S/C19H26ClN3O4/c1-5-26-16(24)7-6-13-10-15(20)17(21-11-13)22-14-8-9-23(12-14)18(25)27-19(2,3)4/h6-7,10-11,14H,5,8-9,12H2,1-4H3,(H,21,22)/t14-/m1/s1. The molecule has 1 aromatic rings. The van der Waals surface area contributed by atoms with Gasteiger partial charge >= 0.3 is 12.1 Å². The van der Waals surface area contributed by atoms with Crippen molar-refractivity contribution in [2.24, 2.45) is 0 Å². The number of halogens is 1. The second-order valence-electron chi connectivity index (χ2n) is 7.24. The van der Waals surface area contributed by atoms with Gasteiger partial charge in [0.05, 0.1) is 11.6 Å². The average Bonchev–Trinajstić information content (AvgIpc) is 3.03. The molecule has 0 bridgehead atoms. The Bertz CT molecular complexity index is 715. The number of likely N-dealkylation sites (tertiary alicyclic amines) is 1. The number of carbonyl (C=O) groups is 2. The third-order valence-electron chi connectivity index (χ3n) is 3.74. The summed E-state index contributed by atoms with van der Waals surface area (Å²) in [5.74, 6) is 0.130. The molecule has 8 heteroatoms. The first kappa shape index (κ1) is 21.0. The molecule has 148 valence electrons. The van der Waals surface area contributed by atoms with Crippen molar-refractivity contribution in [1.29, 1.82) is 0 Å². The van der Waals surface area contributed by atoms with E-state index in [1.807, 2.05) is 20.8 Å². The third-order valence-corrected chi connectivity index (χ3v) is 4.03. The Labute approximate surface area is 164 Å². The van der Waals surface area contributed by atoms with Crippen LogP contribution in [0.2, 0.25) is 5.02 Å². The molecule has 1 N–H and O–H groups in total. The van der Waals surface area contributed by atoms with Gasteiger partial charge in [-0.1, -0.05) is 11.6 Å². The minimum absolute atomic E-state index is 0.0449. The van der Waals surface area contributed by atoms with E-state index >= 15 is 0 Å². The second kappa shape index (κ2) is 9.08. The van der Waals surface area contributed by atoms with Gasteiger partial charge < -0.3 is 19.7 Å². The lowest BCUT2D eigenvalue weighted by Gasteiger charge is -2.24. The number of anilines is 1. The van der Waals surface area contributed by atoms with Crippen LogP contribution in [0.15, 0.2) is 18.3 Å². The number of amides is 1. The largest absolute Gasteiger partial charge is 0.463 e. The van der Waals surface area contributed by atoms with Crippen LogP contribution in [0.5, 0.6) is 0 Å². The topological polar surface area (TPSA) is 80.8 Å². The number of hydrogen-bond acceptors (Lipinski definition) is 6. The van der Waals surface area contributed by atoms with Gasteiger partial charge in [0.1, 0.15) is 11.4 Å². The summed E-state index contributed by atoms with van der Waals surface area (Å²) in [6.45, 7) is 8.75. The molecule has 27 heavy (non-hydrogen) atoms. The van der Waals surface area contributed by atoms with Gasteiger partial charge in [0.25, 0.3) is 0 Å². The molecule has 1 atom stereocenters. The van der Waals surface area contributed by atoms with E-state index in [-0.39, 0.29) is 12.1 Å². The fourth-order valence-corrected chi connectivity index (χ4v) is 2.80. The Morgan fingerprint density at radius 1 is 1.44 bits per heavy atom. The van der Waals surface area contributed by atoms with Crippen LogP contribution in [-0.4, -0.2) is 53.3 Å². The van der Waals surface area contributed by atoms with Crippen molar-refractivity contribution in [3.8, 4) is 0 Å². The van der Waals surface area contributed by atoms with E-state index in [4.69, 9.17) is 21.1 Å². The van der Waals surface area contributed by atoms with E-state index in [1.165, 1.54) is 6.08 Å². The molecule has 0 radical (unpaired) electrons. The van der Waals surface area contributed by atoms with Gasteiger partial charge in [-0.25, -0.2) is 14.6 Å². The van der Waals surface area contributed by atoms with Crippen molar-refractivity contribution in [3.63, 3.8) is 0 Å². The van der Waals surface area contributed by atoms with Crippen LogP contribution in [0.1, 0.15) is 39.7 Å². The van der Waals surface area contributed by atoms with Gasteiger partial charge in [-0.15, -0.1) is 0 Å². The Balaban J connectivity index is 1.93. The predicted molar refractivity (Wildman–Crippen MR) is 105 cm³/mol. The number of aromatic nitrogens is 1. The number of rotatable bonds is 5. The summed E-state index contributed by atoms with van der Waals surface area (Å²) in [6.07, 6.45) is 5.01. The maximum Gasteiger partial charge on any atom is 0.410 e. The monoisotopic (exact) mass is 395 g/mol. The normalized spacial score (nSPS) is 17.2. The van der Waals surface area contributed by atoms with Gasteiger partial charge in [0.15, 0.2) is 0 Å². The van der Waals surface area contributed by atoms with Crippen LogP contribution >= 0.6 is 11.6 Å². The zero-order valence-electron chi connectivity index (χ0n) is 16.1. The third kappa shape index (κ3) is 6.75. The molecule has 1 aliphatic rings. The molecule has 1 fully saturated rings. The molecule has 0 saturated carbocycles. The fraction of sp³-hybridized carbons (Fsp3) is 0.526. The number of ether oxygens (including phenoxy) is 2. The molecule has 0 spiro atoms. The molecule has 0 unspecified atom stereocenters. The van der Waals surface area contributed by atoms with Gasteiger partial charge in [0, 0.05) is 31.4 Å². The maximum atomic E-state index is 12.1. The lowest BCUT2D eigenvalue weighted by molar-refractivity contribution is -0.137. The van der Waals surface area contributed by atoms with Gasteiger partial charge in [-0.2, -0.15) is 0 Å². The van der Waals surface area contributed by atoms with Crippen LogP contribution in [-0.2, 0) is 14.3 Å². The minimum atomic E-state index is -0.514. The van der Waals surface area contributed by atoms with Crippen molar-refractivity contribution in [2.75, 3.05) is 25.0 Å². The van der Waals surface area contributed by atoms with Crippen molar-refractivity contribution in [1.82, 2.24) is 9.88 Å². The average molecular weight is 396 g/mol. The molecular formula is C19H26ClN3O4. The number of hydrogen-bond donors (Lipinski definition) is 1. The lowest BCUT2D eigenvalue weighted by Crippen LogP contribution is -2.36. The first-order chi connectivity index (χ1) is 12.7. The van der Waals surface area contributed by atoms with Crippen LogP contribution in [0.25, 0.3) is 6.08 Å². The van der Waals surface area contributed by atoms with E-state index in [2.05, 4.69) is 10.3 Å². The van der Waals surface area contributed by atoms with Crippen LogP contribution in [0, 0.1) is 0 Å². The highest BCUT2D eigenvalue weighted by atomic mass is 35.5. The maximum absolute atomic E-state index is 12.1. The Morgan fingerprint density at radius 2 is 2.19 bits per heavy atom. The quantitative estimate of drug-likeness (QED) is 0.604. The van der Waals surface area contributed by atoms with Crippen molar-refractivity contribution in [3.05, 3.63) is 28.9 Å².